The molecule has 0 amide bonds. The van der Waals surface area contributed by atoms with E-state index in [4.69, 9.17) is 18.0 Å². The lowest BCUT2D eigenvalue weighted by atomic mass is 10.1. The van der Waals surface area contributed by atoms with Crippen LogP contribution in [0.15, 0.2) is 21.9 Å². The van der Waals surface area contributed by atoms with E-state index in [1.54, 1.807) is 0 Å². The minimum Gasteiger partial charge on any atom is -0.415 e. The van der Waals surface area contributed by atoms with Crippen molar-refractivity contribution in [2.45, 2.75) is 83.5 Å². The van der Waals surface area contributed by atoms with Crippen molar-refractivity contribution in [2.75, 3.05) is 6.61 Å². The summed E-state index contributed by atoms with van der Waals surface area (Å²) in [6.45, 7) is 19.4. The van der Waals surface area contributed by atoms with E-state index < -0.39 is 48.5 Å². The Morgan fingerprint density at radius 2 is 1.48 bits per heavy atom. The van der Waals surface area contributed by atoms with Crippen LogP contribution in [0.25, 0.3) is 0 Å². The third-order valence-corrected chi connectivity index (χ3v) is 7.06. The Balaban J connectivity index is 2.46. The number of aromatic nitrogens is 2. The Hall–Kier alpha value is -0.829. The van der Waals surface area contributed by atoms with Gasteiger partial charge in [-0.05, 0) is 58.9 Å². The number of nitrogens with zero attached hydrogens (tertiary/aromatic N) is 1. The van der Waals surface area contributed by atoms with Crippen molar-refractivity contribution in [2.24, 2.45) is 0 Å². The SMILES string of the molecule is C[Si](C)(C)OC[C@@H]1OC(n2ccc(=O)[nH]c2=O)[C@@H](O[Si](C)(C)C)[C@H]1O[Si](C)(C)C. The van der Waals surface area contributed by atoms with Crippen LogP contribution in [-0.4, -0.2) is 59.4 Å². The maximum absolute atomic E-state index is 12.5. The molecule has 4 atom stereocenters. The second-order valence-corrected chi connectivity index (χ2v) is 23.8. The zero-order valence-electron chi connectivity index (χ0n) is 19.1. The Labute approximate surface area is 175 Å². The molecule has 1 aromatic rings. The highest BCUT2D eigenvalue weighted by Gasteiger charge is 2.50. The summed E-state index contributed by atoms with van der Waals surface area (Å²) in [5.41, 5.74) is -0.967. The van der Waals surface area contributed by atoms with Crippen LogP contribution >= 0.6 is 0 Å². The average molecular weight is 461 g/mol. The second kappa shape index (κ2) is 8.73. The summed E-state index contributed by atoms with van der Waals surface area (Å²) in [4.78, 5) is 26.3. The summed E-state index contributed by atoms with van der Waals surface area (Å²) in [5, 5.41) is 0. The Morgan fingerprint density at radius 1 is 0.931 bits per heavy atom. The van der Waals surface area contributed by atoms with Gasteiger partial charge in [0.05, 0.1) is 6.61 Å². The van der Waals surface area contributed by atoms with Crippen LogP contribution in [-0.2, 0) is 18.0 Å². The molecule has 0 radical (unpaired) electrons. The number of hydrogen-bond acceptors (Lipinski definition) is 6. The molecule has 1 unspecified atom stereocenters. The van der Waals surface area contributed by atoms with Gasteiger partial charge in [0.2, 0.25) is 0 Å². The van der Waals surface area contributed by atoms with Gasteiger partial charge >= 0.3 is 5.69 Å². The fourth-order valence-corrected chi connectivity index (χ4v) is 5.94. The highest BCUT2D eigenvalue weighted by atomic mass is 28.4. The molecule has 8 nitrogen and oxygen atoms in total. The number of ether oxygens (including phenoxy) is 1. The van der Waals surface area contributed by atoms with Crippen molar-refractivity contribution in [1.82, 2.24) is 9.55 Å². The molecule has 0 aliphatic carbocycles. The molecule has 1 aliphatic heterocycles. The Kier molecular flexibility index (Phi) is 7.36. The third-order valence-electron chi connectivity index (χ3n) is 4.07. The van der Waals surface area contributed by atoms with Crippen molar-refractivity contribution >= 4 is 25.0 Å². The summed E-state index contributed by atoms with van der Waals surface area (Å²) in [6, 6.07) is 1.32. The zero-order valence-corrected chi connectivity index (χ0v) is 22.1. The fourth-order valence-electron chi connectivity index (χ4n) is 3.11. The lowest BCUT2D eigenvalue weighted by Gasteiger charge is -2.34. The highest BCUT2D eigenvalue weighted by molar-refractivity contribution is 6.70. The van der Waals surface area contributed by atoms with Gasteiger partial charge in [-0.2, -0.15) is 0 Å². The third kappa shape index (κ3) is 7.42. The summed E-state index contributed by atoms with van der Waals surface area (Å²) in [7, 11) is -5.71. The zero-order chi connectivity index (χ0) is 22.2. The van der Waals surface area contributed by atoms with Crippen LogP contribution in [0.2, 0.25) is 58.9 Å². The van der Waals surface area contributed by atoms with Crippen molar-refractivity contribution in [3.8, 4) is 0 Å². The van der Waals surface area contributed by atoms with E-state index in [9.17, 15) is 9.59 Å². The summed E-state index contributed by atoms with van der Waals surface area (Å²) >= 11 is 0. The smallest absolute Gasteiger partial charge is 0.330 e. The molecule has 11 heteroatoms. The van der Waals surface area contributed by atoms with E-state index in [1.807, 2.05) is 0 Å². The first kappa shape index (κ1) is 24.4. The van der Waals surface area contributed by atoms with Gasteiger partial charge < -0.3 is 18.0 Å². The number of nitrogens with one attached hydrogen (secondary N) is 1. The first-order chi connectivity index (χ1) is 13.1. The largest absolute Gasteiger partial charge is 0.415 e. The molecule has 1 N–H and O–H groups in total. The number of rotatable bonds is 8. The lowest BCUT2D eigenvalue weighted by Crippen LogP contribution is -2.49. The van der Waals surface area contributed by atoms with Gasteiger partial charge in [0, 0.05) is 12.3 Å². The van der Waals surface area contributed by atoms with Crippen LogP contribution in [0.1, 0.15) is 6.23 Å². The molecule has 0 bridgehead atoms. The predicted molar refractivity (Wildman–Crippen MR) is 121 cm³/mol. The maximum atomic E-state index is 12.5. The van der Waals surface area contributed by atoms with E-state index in [-0.39, 0.29) is 12.2 Å². The molecule has 2 heterocycles. The van der Waals surface area contributed by atoms with E-state index in [0.29, 0.717) is 6.61 Å². The fraction of sp³-hybridized carbons (Fsp3) is 0.778. The summed E-state index contributed by atoms with van der Waals surface area (Å²) < 4.78 is 26.8. The van der Waals surface area contributed by atoms with Gasteiger partial charge in [-0.15, -0.1) is 0 Å². The Morgan fingerprint density at radius 3 is 1.97 bits per heavy atom. The van der Waals surface area contributed by atoms with Crippen LogP contribution < -0.4 is 11.2 Å². The monoisotopic (exact) mass is 460 g/mol. The summed E-state index contributed by atoms with van der Waals surface area (Å²) in [5.74, 6) is 0. The highest BCUT2D eigenvalue weighted by Crippen LogP contribution is 2.36. The van der Waals surface area contributed by atoms with Crippen molar-refractivity contribution in [3.05, 3.63) is 33.1 Å². The normalized spacial score (nSPS) is 26.1. The van der Waals surface area contributed by atoms with Crippen LogP contribution in [0.4, 0.5) is 0 Å². The van der Waals surface area contributed by atoms with Crippen LogP contribution in [0.3, 0.4) is 0 Å². The van der Waals surface area contributed by atoms with E-state index in [2.05, 4.69) is 63.9 Å². The van der Waals surface area contributed by atoms with Gasteiger partial charge in [0.25, 0.3) is 5.56 Å². The molecule has 1 saturated heterocycles. The van der Waals surface area contributed by atoms with Gasteiger partial charge in [0.1, 0.15) is 18.3 Å². The van der Waals surface area contributed by atoms with Crippen LogP contribution in [0.5, 0.6) is 0 Å². The molecule has 1 aromatic heterocycles. The first-order valence-electron chi connectivity index (χ1n) is 10.0. The van der Waals surface area contributed by atoms with Gasteiger partial charge in [-0.3, -0.25) is 14.3 Å². The van der Waals surface area contributed by atoms with Gasteiger partial charge in [-0.1, -0.05) is 0 Å². The standard InChI is InChI=1S/C18H36N2O6Si3/c1-27(2,3)23-12-13-15(25-28(4,5)6)16(26-29(7,8)9)17(24-13)20-11-10-14(21)19-18(20)22/h10-11,13,15-17H,12H2,1-9H3,(H,19,21,22)/t13-,15-,16-,17?/m0/s1. The molecular formula is C18H36N2O6Si3. The average Bonchev–Trinajstić information content (AvgIpc) is 2.79. The van der Waals surface area contributed by atoms with Crippen molar-refractivity contribution < 1.29 is 18.0 Å². The predicted octanol–water partition coefficient (Wildman–Crippen LogP) is 2.73. The second-order valence-electron chi connectivity index (χ2n) is 10.4. The molecule has 1 aliphatic rings. The van der Waals surface area contributed by atoms with E-state index >= 15 is 0 Å². The van der Waals surface area contributed by atoms with Crippen molar-refractivity contribution in [1.29, 1.82) is 0 Å². The molecule has 0 spiro atoms. The topological polar surface area (TPSA) is 91.8 Å². The number of H-pyrrole nitrogens is 1. The molecule has 0 aromatic carbocycles. The van der Waals surface area contributed by atoms with E-state index in [1.165, 1.54) is 16.8 Å². The quantitative estimate of drug-likeness (QED) is 0.600. The minimum absolute atomic E-state index is 0.353. The van der Waals surface area contributed by atoms with Gasteiger partial charge in [0.15, 0.2) is 31.2 Å². The minimum atomic E-state index is -2.00. The lowest BCUT2D eigenvalue weighted by molar-refractivity contribution is -0.0497. The van der Waals surface area contributed by atoms with Crippen LogP contribution in [0, 0.1) is 0 Å². The molecule has 29 heavy (non-hydrogen) atoms. The maximum Gasteiger partial charge on any atom is 0.330 e. The molecular weight excluding hydrogens is 424 g/mol. The number of hydrogen-bond donors (Lipinski definition) is 1. The summed E-state index contributed by atoms with van der Waals surface area (Å²) in [6.07, 6.45) is -0.415. The molecule has 2 rings (SSSR count). The number of aromatic amines is 1. The molecule has 1 fully saturated rings. The van der Waals surface area contributed by atoms with Gasteiger partial charge in [-0.25, -0.2) is 4.79 Å². The van der Waals surface area contributed by atoms with E-state index in [0.717, 1.165) is 0 Å². The molecule has 0 saturated carbocycles. The molecule has 166 valence electrons. The Bertz CT molecular complexity index is 806. The van der Waals surface area contributed by atoms with Crippen molar-refractivity contribution in [3.63, 3.8) is 0 Å². The first-order valence-corrected chi connectivity index (χ1v) is 20.2.